The molecule has 1 aliphatic rings. The Morgan fingerprint density at radius 1 is 0.537 bits per heavy atom. The predicted octanol–water partition coefficient (Wildman–Crippen LogP) is 10.5. The van der Waals surface area contributed by atoms with Crippen molar-refractivity contribution in [2.45, 2.75) is 186 Å². The van der Waals surface area contributed by atoms with E-state index in [-0.39, 0.29) is 12.1 Å². The Labute approximate surface area is 251 Å². The second-order valence-corrected chi connectivity index (χ2v) is 12.1. The van der Waals surface area contributed by atoms with E-state index in [0.717, 1.165) is 44.9 Å². The SMILES string of the molecule is CCCCCCCCCCCCC=C(F)C(=O)NC1CCCC1NC(=O)C(F)=CCCCCCCCCCCCC. The first-order valence-corrected chi connectivity index (χ1v) is 17.3. The van der Waals surface area contributed by atoms with Crippen LogP contribution in [0.25, 0.3) is 0 Å². The lowest BCUT2D eigenvalue weighted by Gasteiger charge is -2.21. The molecule has 2 amide bonds. The minimum absolute atomic E-state index is 0.377. The van der Waals surface area contributed by atoms with Crippen molar-refractivity contribution in [3.05, 3.63) is 23.8 Å². The highest BCUT2D eigenvalue weighted by atomic mass is 19.1. The van der Waals surface area contributed by atoms with Gasteiger partial charge in [0.05, 0.1) is 0 Å². The lowest BCUT2D eigenvalue weighted by Crippen LogP contribution is -2.48. The maximum absolute atomic E-state index is 14.4. The highest BCUT2D eigenvalue weighted by Crippen LogP contribution is 2.21. The summed E-state index contributed by atoms with van der Waals surface area (Å²) in [6.07, 6.45) is 30.2. The summed E-state index contributed by atoms with van der Waals surface area (Å²) in [5.74, 6) is -3.00. The van der Waals surface area contributed by atoms with Crippen molar-refractivity contribution in [2.24, 2.45) is 0 Å². The fourth-order valence-corrected chi connectivity index (χ4v) is 5.69. The van der Waals surface area contributed by atoms with Crippen LogP contribution in [-0.4, -0.2) is 23.9 Å². The van der Waals surface area contributed by atoms with E-state index in [9.17, 15) is 18.4 Å². The highest BCUT2D eigenvalue weighted by Gasteiger charge is 2.31. The Balaban J connectivity index is 2.19. The summed E-state index contributed by atoms with van der Waals surface area (Å²) in [5, 5.41) is 5.43. The van der Waals surface area contributed by atoms with E-state index in [1.54, 1.807) is 0 Å². The van der Waals surface area contributed by atoms with Gasteiger partial charge in [-0.1, -0.05) is 129 Å². The first-order chi connectivity index (χ1) is 20.0. The highest BCUT2D eigenvalue weighted by molar-refractivity contribution is 5.92. The number of nitrogens with one attached hydrogen (secondary N) is 2. The summed E-state index contributed by atoms with van der Waals surface area (Å²) in [7, 11) is 0. The van der Waals surface area contributed by atoms with Gasteiger partial charge in [0.2, 0.25) is 0 Å². The predicted molar refractivity (Wildman–Crippen MR) is 169 cm³/mol. The molecule has 1 rings (SSSR count). The van der Waals surface area contributed by atoms with E-state index in [0.29, 0.717) is 25.7 Å². The number of rotatable bonds is 26. The number of amides is 2. The van der Waals surface area contributed by atoms with Crippen molar-refractivity contribution in [1.82, 2.24) is 10.6 Å². The molecule has 0 heterocycles. The minimum Gasteiger partial charge on any atom is -0.345 e. The van der Waals surface area contributed by atoms with E-state index in [4.69, 9.17) is 0 Å². The van der Waals surface area contributed by atoms with Gasteiger partial charge in [-0.2, -0.15) is 0 Å². The van der Waals surface area contributed by atoms with Gasteiger partial charge in [-0.15, -0.1) is 0 Å². The van der Waals surface area contributed by atoms with Crippen LogP contribution in [0.2, 0.25) is 0 Å². The molecule has 0 aromatic rings. The molecule has 0 spiro atoms. The van der Waals surface area contributed by atoms with Crippen molar-refractivity contribution in [3.8, 4) is 0 Å². The molecule has 2 unspecified atom stereocenters. The standard InChI is InChI=1S/C35H62F2N2O2/c1-3-5-7-9-11-13-15-17-19-21-23-26-30(36)34(40)38-32-28-25-29-33(32)39-35(41)31(37)27-24-22-20-18-16-14-12-10-8-6-4-2/h26-27,32-33H,3-25,28-29H2,1-2H3,(H,38,40)(H,39,41). The van der Waals surface area contributed by atoms with Crippen LogP contribution in [-0.2, 0) is 9.59 Å². The van der Waals surface area contributed by atoms with Gasteiger partial charge >= 0.3 is 0 Å². The minimum atomic E-state index is -0.763. The molecule has 0 bridgehead atoms. The van der Waals surface area contributed by atoms with Gasteiger partial charge in [0.25, 0.3) is 11.8 Å². The van der Waals surface area contributed by atoms with Crippen molar-refractivity contribution in [3.63, 3.8) is 0 Å². The normalized spacial score (nSPS) is 17.7. The molecule has 1 aliphatic carbocycles. The summed E-state index contributed by atoms with van der Waals surface area (Å²) in [5.41, 5.74) is 0. The smallest absolute Gasteiger partial charge is 0.279 e. The summed E-state index contributed by atoms with van der Waals surface area (Å²) in [4.78, 5) is 24.7. The molecule has 238 valence electrons. The monoisotopic (exact) mass is 580 g/mol. The molecule has 0 aromatic heterocycles. The molecule has 1 saturated carbocycles. The first kappa shape index (κ1) is 37.3. The van der Waals surface area contributed by atoms with Crippen LogP contribution in [0.3, 0.4) is 0 Å². The number of carbonyl (C=O) groups is 2. The molecule has 0 aliphatic heterocycles. The van der Waals surface area contributed by atoms with Crippen molar-refractivity contribution >= 4 is 11.8 Å². The number of carbonyl (C=O) groups excluding carboxylic acids is 2. The second kappa shape index (κ2) is 25.9. The summed E-state index contributed by atoms with van der Waals surface area (Å²) < 4.78 is 28.7. The van der Waals surface area contributed by atoms with Crippen LogP contribution in [0.4, 0.5) is 8.78 Å². The zero-order valence-corrected chi connectivity index (χ0v) is 26.6. The summed E-state index contributed by atoms with van der Waals surface area (Å²) in [6, 6.07) is -0.754. The van der Waals surface area contributed by atoms with E-state index in [1.165, 1.54) is 102 Å². The zero-order valence-electron chi connectivity index (χ0n) is 26.6. The fraction of sp³-hybridized carbons (Fsp3) is 0.829. The quantitative estimate of drug-likeness (QED) is 0.0790. The number of halogens is 2. The van der Waals surface area contributed by atoms with Crippen molar-refractivity contribution < 1.29 is 18.4 Å². The molecule has 0 radical (unpaired) electrons. The van der Waals surface area contributed by atoms with Gasteiger partial charge in [0.1, 0.15) is 0 Å². The molecule has 0 aromatic carbocycles. The maximum Gasteiger partial charge on any atom is 0.279 e. The summed E-state index contributed by atoms with van der Waals surface area (Å²) in [6.45, 7) is 4.46. The van der Waals surface area contributed by atoms with Crippen molar-refractivity contribution in [1.29, 1.82) is 0 Å². The molecular weight excluding hydrogens is 518 g/mol. The lowest BCUT2D eigenvalue weighted by molar-refractivity contribution is -0.122. The van der Waals surface area contributed by atoms with Crippen molar-refractivity contribution in [2.75, 3.05) is 0 Å². The van der Waals surface area contributed by atoms with Crippen LogP contribution in [0.5, 0.6) is 0 Å². The first-order valence-electron chi connectivity index (χ1n) is 17.3. The fourth-order valence-electron chi connectivity index (χ4n) is 5.69. The van der Waals surface area contributed by atoms with Gasteiger partial charge in [-0.05, 0) is 57.1 Å². The van der Waals surface area contributed by atoms with E-state index in [1.807, 2.05) is 0 Å². The molecule has 4 nitrogen and oxygen atoms in total. The number of hydrogen-bond acceptors (Lipinski definition) is 2. The molecular formula is C35H62F2N2O2. The van der Waals surface area contributed by atoms with Crippen LogP contribution >= 0.6 is 0 Å². The average molecular weight is 581 g/mol. The third-order valence-electron chi connectivity index (χ3n) is 8.35. The van der Waals surface area contributed by atoms with Gasteiger partial charge in [0.15, 0.2) is 11.7 Å². The summed E-state index contributed by atoms with van der Waals surface area (Å²) >= 11 is 0. The number of unbranched alkanes of at least 4 members (excludes halogenated alkanes) is 20. The van der Waals surface area contributed by atoms with E-state index < -0.39 is 23.5 Å². The van der Waals surface area contributed by atoms with Crippen LogP contribution < -0.4 is 10.6 Å². The van der Waals surface area contributed by atoms with E-state index >= 15 is 0 Å². The Bertz CT molecular complexity index is 678. The zero-order chi connectivity index (χ0) is 30.0. The van der Waals surface area contributed by atoms with Gasteiger partial charge < -0.3 is 10.6 Å². The molecule has 6 heteroatoms. The Hall–Kier alpha value is -1.72. The second-order valence-electron chi connectivity index (χ2n) is 12.1. The molecule has 0 saturated heterocycles. The molecule has 1 fully saturated rings. The average Bonchev–Trinajstić information content (AvgIpc) is 3.40. The molecule has 2 N–H and O–H groups in total. The lowest BCUT2D eigenvalue weighted by atomic mass is 10.1. The van der Waals surface area contributed by atoms with Gasteiger partial charge in [0, 0.05) is 12.1 Å². The van der Waals surface area contributed by atoms with Crippen LogP contribution in [0.1, 0.15) is 174 Å². The third-order valence-corrected chi connectivity index (χ3v) is 8.35. The number of allylic oxidation sites excluding steroid dienone is 2. The maximum atomic E-state index is 14.4. The van der Waals surface area contributed by atoms with Crippen LogP contribution in [0.15, 0.2) is 23.8 Å². The third kappa shape index (κ3) is 19.9. The Morgan fingerprint density at radius 3 is 1.15 bits per heavy atom. The number of hydrogen-bond donors (Lipinski definition) is 2. The van der Waals surface area contributed by atoms with Gasteiger partial charge in [-0.3, -0.25) is 9.59 Å². The topological polar surface area (TPSA) is 58.2 Å². The Kier molecular flexibility index (Phi) is 23.6. The van der Waals surface area contributed by atoms with E-state index in [2.05, 4.69) is 24.5 Å². The molecule has 41 heavy (non-hydrogen) atoms. The Morgan fingerprint density at radius 2 is 0.829 bits per heavy atom. The van der Waals surface area contributed by atoms with Gasteiger partial charge in [-0.25, -0.2) is 8.78 Å². The molecule has 2 atom stereocenters. The van der Waals surface area contributed by atoms with Crippen LogP contribution in [0, 0.1) is 0 Å². The largest absolute Gasteiger partial charge is 0.345 e.